The standard InChI is InChI=1S/C26H28F3IO9S/c1-3-6-21(31)39-24-23(35-13-4-2)22(32)20(38-25(24)37-18-11-9-17(30)10-12-18)15-36-40(33,34)19-8-5-7-16(14-19)26(27,28)29/h4-5,7-12,14,20,22-25,32H,2-3,6,13,15H2,1H3/t20-,22+,23+,24-,25-/m1/s1. The second kappa shape index (κ2) is 14.1. The highest BCUT2D eigenvalue weighted by atomic mass is 127. The molecule has 0 aromatic heterocycles. The van der Waals surface area contributed by atoms with Gasteiger partial charge in [-0.1, -0.05) is 19.1 Å². The highest BCUT2D eigenvalue weighted by Crippen LogP contribution is 2.32. The summed E-state index contributed by atoms with van der Waals surface area (Å²) in [4.78, 5) is 11.7. The van der Waals surface area contributed by atoms with Crippen LogP contribution in [0.5, 0.6) is 5.75 Å². The molecule has 9 nitrogen and oxygen atoms in total. The molecule has 1 aliphatic rings. The Balaban J connectivity index is 1.88. The van der Waals surface area contributed by atoms with Gasteiger partial charge in [0.25, 0.3) is 10.1 Å². The van der Waals surface area contributed by atoms with Crippen molar-refractivity contribution in [1.82, 2.24) is 0 Å². The van der Waals surface area contributed by atoms with Gasteiger partial charge in [0.15, 0.2) is 6.10 Å². The fourth-order valence-corrected chi connectivity index (χ4v) is 5.06. The number of aliphatic hydroxyl groups excluding tert-OH is 1. The molecule has 5 atom stereocenters. The molecule has 0 aliphatic carbocycles. The van der Waals surface area contributed by atoms with Crippen LogP contribution in [0.1, 0.15) is 25.3 Å². The number of aliphatic hydroxyl groups is 1. The first kappa shape index (κ1) is 32.3. The summed E-state index contributed by atoms with van der Waals surface area (Å²) in [6, 6.07) is 9.80. The molecule has 40 heavy (non-hydrogen) atoms. The first-order chi connectivity index (χ1) is 18.9. The smallest absolute Gasteiger partial charge is 0.416 e. The number of rotatable bonds is 12. The van der Waals surface area contributed by atoms with Crippen LogP contribution in [0.3, 0.4) is 0 Å². The monoisotopic (exact) mass is 700 g/mol. The van der Waals surface area contributed by atoms with Crippen molar-refractivity contribution in [2.75, 3.05) is 13.2 Å². The average molecular weight is 700 g/mol. The zero-order chi connectivity index (χ0) is 29.5. The number of esters is 1. The second-order valence-electron chi connectivity index (χ2n) is 8.66. The van der Waals surface area contributed by atoms with Crippen molar-refractivity contribution in [1.29, 1.82) is 0 Å². The number of hydrogen-bond donors (Lipinski definition) is 1. The minimum absolute atomic E-state index is 0.0683. The Bertz CT molecular complexity index is 1250. The van der Waals surface area contributed by atoms with E-state index in [1.165, 1.54) is 6.08 Å². The van der Waals surface area contributed by atoms with Crippen molar-refractivity contribution in [3.8, 4) is 5.75 Å². The van der Waals surface area contributed by atoms with Gasteiger partial charge in [-0.25, -0.2) is 0 Å². The van der Waals surface area contributed by atoms with E-state index in [0.717, 1.165) is 21.8 Å². The molecule has 0 amide bonds. The largest absolute Gasteiger partial charge is 0.461 e. The fourth-order valence-electron chi connectivity index (χ4n) is 3.73. The van der Waals surface area contributed by atoms with Crippen LogP contribution in [-0.2, 0) is 39.5 Å². The first-order valence-electron chi connectivity index (χ1n) is 12.1. The molecule has 1 fully saturated rings. The van der Waals surface area contributed by atoms with Crippen molar-refractivity contribution in [3.05, 3.63) is 70.3 Å². The predicted octanol–water partition coefficient (Wildman–Crippen LogP) is 4.46. The molecule has 220 valence electrons. The molecule has 0 spiro atoms. The Morgan fingerprint density at radius 2 is 1.88 bits per heavy atom. The quantitative estimate of drug-likeness (QED) is 0.148. The van der Waals surface area contributed by atoms with Gasteiger partial charge in [0.2, 0.25) is 6.29 Å². The van der Waals surface area contributed by atoms with E-state index in [1.54, 1.807) is 31.2 Å². The SMILES string of the molecule is C=CCO[C@H]1[C@@H](O)[C@@H](COS(=O)(=O)c2cccc(C(F)(F)F)c2)O[C@@H](Oc2ccc(I)cc2)[C@@H]1OC(=O)CCC. The van der Waals surface area contributed by atoms with Gasteiger partial charge >= 0.3 is 12.1 Å². The lowest BCUT2D eigenvalue weighted by Crippen LogP contribution is -2.62. The molecule has 0 radical (unpaired) electrons. The molecule has 0 saturated carbocycles. The molecule has 1 saturated heterocycles. The zero-order valence-electron chi connectivity index (χ0n) is 21.3. The maximum absolute atomic E-state index is 13.1. The molecule has 3 rings (SSSR count). The number of hydrogen-bond acceptors (Lipinski definition) is 9. The number of benzene rings is 2. The van der Waals surface area contributed by atoms with Crippen molar-refractivity contribution in [3.63, 3.8) is 0 Å². The van der Waals surface area contributed by atoms with E-state index in [4.69, 9.17) is 23.1 Å². The van der Waals surface area contributed by atoms with Crippen LogP contribution in [0.15, 0.2) is 66.1 Å². The lowest BCUT2D eigenvalue weighted by molar-refractivity contribution is -0.287. The predicted molar refractivity (Wildman–Crippen MR) is 144 cm³/mol. The Morgan fingerprint density at radius 1 is 1.18 bits per heavy atom. The molecule has 1 aliphatic heterocycles. The summed E-state index contributed by atoms with van der Waals surface area (Å²) in [5.41, 5.74) is -1.17. The molecule has 2 aromatic carbocycles. The van der Waals surface area contributed by atoms with Crippen LogP contribution < -0.4 is 4.74 Å². The van der Waals surface area contributed by atoms with Crippen LogP contribution in [0.2, 0.25) is 0 Å². The maximum Gasteiger partial charge on any atom is 0.416 e. The number of carbonyl (C=O) groups is 1. The van der Waals surface area contributed by atoms with Crippen molar-refractivity contribution in [2.45, 2.75) is 61.5 Å². The van der Waals surface area contributed by atoms with E-state index >= 15 is 0 Å². The van der Waals surface area contributed by atoms with Crippen LogP contribution in [0.4, 0.5) is 13.2 Å². The van der Waals surface area contributed by atoms with E-state index in [0.29, 0.717) is 18.2 Å². The Morgan fingerprint density at radius 3 is 2.50 bits per heavy atom. The van der Waals surface area contributed by atoms with Gasteiger partial charge < -0.3 is 24.1 Å². The third kappa shape index (κ3) is 8.63. The van der Waals surface area contributed by atoms with E-state index in [1.807, 2.05) is 0 Å². The number of halogens is 4. The summed E-state index contributed by atoms with van der Waals surface area (Å²) in [5, 5.41) is 11.1. The van der Waals surface area contributed by atoms with E-state index in [-0.39, 0.29) is 13.0 Å². The minimum Gasteiger partial charge on any atom is -0.461 e. The Kier molecular flexibility index (Phi) is 11.4. The second-order valence-corrected chi connectivity index (χ2v) is 11.5. The van der Waals surface area contributed by atoms with E-state index < -0.39 is 70.0 Å². The van der Waals surface area contributed by atoms with Crippen molar-refractivity contribution >= 4 is 38.7 Å². The molecule has 1 N–H and O–H groups in total. The molecule has 0 bridgehead atoms. The maximum atomic E-state index is 13.1. The minimum atomic E-state index is -4.77. The van der Waals surface area contributed by atoms with Gasteiger partial charge in [0.05, 0.1) is 23.7 Å². The zero-order valence-corrected chi connectivity index (χ0v) is 24.2. The first-order valence-corrected chi connectivity index (χ1v) is 14.6. The summed E-state index contributed by atoms with van der Waals surface area (Å²) < 4.78 is 93.6. The molecular weight excluding hydrogens is 672 g/mol. The van der Waals surface area contributed by atoms with Gasteiger partial charge in [-0.05, 0) is 71.5 Å². The molecular formula is C26H28F3IO9S. The fraction of sp³-hybridized carbons (Fsp3) is 0.423. The number of ether oxygens (including phenoxy) is 4. The average Bonchev–Trinajstić information content (AvgIpc) is 2.90. The molecule has 1 heterocycles. The summed E-state index contributed by atoms with van der Waals surface area (Å²) in [7, 11) is -4.70. The van der Waals surface area contributed by atoms with Crippen LogP contribution in [-0.4, -0.2) is 63.4 Å². The third-order valence-corrected chi connectivity index (χ3v) is 7.65. The summed E-state index contributed by atoms with van der Waals surface area (Å²) in [6.07, 6.45) is -9.73. The van der Waals surface area contributed by atoms with Gasteiger partial charge in [-0.2, -0.15) is 21.6 Å². The summed E-state index contributed by atoms with van der Waals surface area (Å²) in [5.74, 6) is -0.286. The van der Waals surface area contributed by atoms with Crippen LogP contribution in [0.25, 0.3) is 0 Å². The van der Waals surface area contributed by atoms with Gasteiger partial charge in [-0.15, -0.1) is 6.58 Å². The topological polar surface area (TPSA) is 118 Å². The van der Waals surface area contributed by atoms with Crippen molar-refractivity contribution < 1.29 is 54.6 Å². The number of carbonyl (C=O) groups excluding carboxylic acids is 1. The molecule has 14 heteroatoms. The molecule has 0 unspecified atom stereocenters. The van der Waals surface area contributed by atoms with Crippen molar-refractivity contribution in [2.24, 2.45) is 0 Å². The Labute approximate surface area is 243 Å². The van der Waals surface area contributed by atoms with Gasteiger partial charge in [0.1, 0.15) is 24.1 Å². The lowest BCUT2D eigenvalue weighted by atomic mass is 9.98. The summed E-state index contributed by atoms with van der Waals surface area (Å²) >= 11 is 2.10. The normalized spacial score (nSPS) is 23.4. The third-order valence-electron chi connectivity index (χ3n) is 5.65. The van der Waals surface area contributed by atoms with Gasteiger partial charge in [-0.3, -0.25) is 8.98 Å². The van der Waals surface area contributed by atoms with Crippen LogP contribution >= 0.6 is 22.6 Å². The highest BCUT2D eigenvalue weighted by Gasteiger charge is 2.50. The Hall–Kier alpha value is -2.24. The van der Waals surface area contributed by atoms with E-state index in [2.05, 4.69) is 29.2 Å². The van der Waals surface area contributed by atoms with E-state index in [9.17, 15) is 31.5 Å². The highest BCUT2D eigenvalue weighted by molar-refractivity contribution is 14.1. The lowest BCUT2D eigenvalue weighted by Gasteiger charge is -2.43. The van der Waals surface area contributed by atoms with Gasteiger partial charge in [0, 0.05) is 9.99 Å². The van der Waals surface area contributed by atoms with Crippen LogP contribution in [0, 0.1) is 3.57 Å². The summed E-state index contributed by atoms with van der Waals surface area (Å²) in [6.45, 7) is 4.46. The molecule has 2 aromatic rings. The number of alkyl halides is 3.